The van der Waals surface area contributed by atoms with Gasteiger partial charge in [0, 0.05) is 6.42 Å². The Morgan fingerprint density at radius 1 is 0.635 bits per heavy atom. The monoisotopic (exact) mass is 758 g/mol. The molecule has 8 nitrogen and oxygen atoms in total. The zero-order valence-electron chi connectivity index (χ0n) is 34.8. The van der Waals surface area contributed by atoms with Crippen LogP contribution in [0.4, 0.5) is 0 Å². The number of hydrogen-bond donors (Lipinski definition) is 3. The summed E-state index contributed by atoms with van der Waals surface area (Å²) in [6, 6.07) is -0.842. The van der Waals surface area contributed by atoms with Gasteiger partial charge in [0.2, 0.25) is 5.91 Å². The van der Waals surface area contributed by atoms with Gasteiger partial charge in [0.1, 0.15) is 13.2 Å². The predicted octanol–water partition coefficient (Wildman–Crippen LogP) is 11.7. The number of amides is 1. The number of likely N-dealkylation sites (N-methyl/N-ethyl adjacent to an activating group) is 1. The quantitative estimate of drug-likeness (QED) is 0.0250. The molecule has 0 radical (unpaired) electrons. The van der Waals surface area contributed by atoms with Gasteiger partial charge in [-0.05, 0) is 44.9 Å². The number of rotatable bonds is 39. The molecule has 3 N–H and O–H groups in total. The van der Waals surface area contributed by atoms with Gasteiger partial charge < -0.3 is 19.8 Å². The minimum absolute atomic E-state index is 0.0620. The highest BCUT2D eigenvalue weighted by Crippen LogP contribution is 2.43. The SMILES string of the molecule is CCCCCCCC/C=C\CCCCCCCCCCCC(=O)N[C@@H](COP(=O)(O)OCC[N+](C)(C)C)[C@H](O)/C=C/CCCCCCCCCCC. The van der Waals surface area contributed by atoms with Gasteiger partial charge in [0.25, 0.3) is 0 Å². The van der Waals surface area contributed by atoms with E-state index in [9.17, 15) is 19.4 Å². The first-order valence-electron chi connectivity index (χ1n) is 21.7. The van der Waals surface area contributed by atoms with Crippen molar-refractivity contribution in [1.29, 1.82) is 0 Å². The first kappa shape index (κ1) is 51.0. The third-order valence-corrected chi connectivity index (χ3v) is 10.6. The van der Waals surface area contributed by atoms with E-state index in [0.717, 1.165) is 38.5 Å². The van der Waals surface area contributed by atoms with Crippen molar-refractivity contribution in [3.05, 3.63) is 24.3 Å². The molecule has 308 valence electrons. The molecular weight excluding hydrogens is 671 g/mol. The Bertz CT molecular complexity index is 907. The van der Waals surface area contributed by atoms with Crippen LogP contribution in [0.1, 0.15) is 194 Å². The van der Waals surface area contributed by atoms with Crippen LogP contribution in [0, 0.1) is 0 Å². The Balaban J connectivity index is 4.36. The molecule has 0 saturated heterocycles. The average Bonchev–Trinajstić information content (AvgIpc) is 3.09. The van der Waals surface area contributed by atoms with Crippen molar-refractivity contribution in [2.24, 2.45) is 0 Å². The highest BCUT2D eigenvalue weighted by Gasteiger charge is 2.27. The molecule has 3 atom stereocenters. The lowest BCUT2D eigenvalue weighted by Crippen LogP contribution is -2.45. The zero-order chi connectivity index (χ0) is 38.6. The number of hydrogen-bond acceptors (Lipinski definition) is 5. The number of aliphatic hydroxyl groups is 1. The summed E-state index contributed by atoms with van der Waals surface area (Å²) >= 11 is 0. The average molecular weight is 758 g/mol. The van der Waals surface area contributed by atoms with Crippen molar-refractivity contribution < 1.29 is 32.9 Å². The standard InChI is InChI=1S/C43H85N2O6P/c1-6-8-10-12-14-16-18-19-20-21-22-23-24-25-27-29-31-33-35-37-43(47)44-41(40-51-52(48,49)50-39-38-45(3,4)5)42(46)36-34-32-30-28-26-17-15-13-11-9-7-2/h19-20,34,36,41-42,46H,6-18,21-33,35,37-40H2,1-5H3,(H-,44,47,48,49)/p+1/b20-19-,36-34+/t41-,42+/m0/s1. The van der Waals surface area contributed by atoms with Gasteiger partial charge in [-0.1, -0.05) is 167 Å². The lowest BCUT2D eigenvalue weighted by Gasteiger charge is -2.25. The summed E-state index contributed by atoms with van der Waals surface area (Å²) in [7, 11) is 1.57. The van der Waals surface area contributed by atoms with Crippen molar-refractivity contribution in [2.45, 2.75) is 206 Å². The van der Waals surface area contributed by atoms with Gasteiger partial charge in [-0.3, -0.25) is 13.8 Å². The van der Waals surface area contributed by atoms with Crippen LogP contribution in [0.25, 0.3) is 0 Å². The number of unbranched alkanes of at least 4 members (excludes halogenated alkanes) is 24. The van der Waals surface area contributed by atoms with E-state index in [0.29, 0.717) is 17.4 Å². The second kappa shape index (κ2) is 35.7. The fourth-order valence-corrected chi connectivity index (χ4v) is 6.89. The normalized spacial score (nSPS) is 14.7. The van der Waals surface area contributed by atoms with Crippen LogP contribution >= 0.6 is 7.82 Å². The summed E-state index contributed by atoms with van der Waals surface area (Å²) in [4.78, 5) is 23.1. The number of phosphoric ester groups is 1. The number of carbonyl (C=O) groups excluding carboxylic acids is 1. The molecule has 0 aliphatic heterocycles. The topological polar surface area (TPSA) is 105 Å². The van der Waals surface area contributed by atoms with E-state index in [1.54, 1.807) is 6.08 Å². The van der Waals surface area contributed by atoms with E-state index < -0.39 is 20.0 Å². The minimum atomic E-state index is -4.33. The van der Waals surface area contributed by atoms with Crippen LogP contribution in [0.15, 0.2) is 24.3 Å². The molecule has 0 aromatic carbocycles. The van der Waals surface area contributed by atoms with Crippen LogP contribution < -0.4 is 5.32 Å². The summed E-state index contributed by atoms with van der Waals surface area (Å²) < 4.78 is 23.5. The van der Waals surface area contributed by atoms with Crippen LogP contribution in [0.2, 0.25) is 0 Å². The fourth-order valence-electron chi connectivity index (χ4n) is 6.15. The molecule has 0 spiro atoms. The van der Waals surface area contributed by atoms with E-state index in [1.807, 2.05) is 27.2 Å². The van der Waals surface area contributed by atoms with E-state index in [1.165, 1.54) is 135 Å². The van der Waals surface area contributed by atoms with Crippen LogP contribution in [-0.2, 0) is 18.4 Å². The maximum absolute atomic E-state index is 12.8. The summed E-state index contributed by atoms with van der Waals surface area (Å²) in [6.45, 7) is 4.79. The lowest BCUT2D eigenvalue weighted by atomic mass is 10.0. The molecule has 0 fully saturated rings. The van der Waals surface area contributed by atoms with E-state index >= 15 is 0 Å². The maximum Gasteiger partial charge on any atom is 0.472 e. The third-order valence-electron chi connectivity index (χ3n) is 9.67. The Labute approximate surface area is 322 Å². The van der Waals surface area contributed by atoms with E-state index in [2.05, 4.69) is 31.3 Å². The van der Waals surface area contributed by atoms with Crippen molar-refractivity contribution in [2.75, 3.05) is 40.9 Å². The molecule has 0 rings (SSSR count). The van der Waals surface area contributed by atoms with E-state index in [-0.39, 0.29) is 19.1 Å². The summed E-state index contributed by atoms with van der Waals surface area (Å²) in [6.07, 6.45) is 41.0. The number of aliphatic hydroxyl groups excluding tert-OH is 1. The Kier molecular flexibility index (Phi) is 35.0. The molecule has 0 heterocycles. The molecule has 1 unspecified atom stereocenters. The summed E-state index contributed by atoms with van der Waals surface area (Å²) in [5.74, 6) is -0.181. The maximum atomic E-state index is 12.8. The van der Waals surface area contributed by atoms with Gasteiger partial charge in [-0.2, -0.15) is 0 Å². The van der Waals surface area contributed by atoms with Gasteiger partial charge in [-0.15, -0.1) is 0 Å². The predicted molar refractivity (Wildman–Crippen MR) is 221 cm³/mol. The third kappa shape index (κ3) is 37.3. The number of phosphoric acid groups is 1. The molecular formula is C43H86N2O6P+. The summed E-state index contributed by atoms with van der Waals surface area (Å²) in [5.41, 5.74) is 0. The largest absolute Gasteiger partial charge is 0.472 e. The minimum Gasteiger partial charge on any atom is -0.387 e. The van der Waals surface area contributed by atoms with Gasteiger partial charge in [0.15, 0.2) is 0 Å². The molecule has 9 heteroatoms. The van der Waals surface area contributed by atoms with Crippen molar-refractivity contribution in [3.63, 3.8) is 0 Å². The molecule has 0 aromatic heterocycles. The van der Waals surface area contributed by atoms with Crippen molar-refractivity contribution >= 4 is 13.7 Å². The second-order valence-corrected chi connectivity index (χ2v) is 17.5. The first-order valence-corrected chi connectivity index (χ1v) is 23.2. The van der Waals surface area contributed by atoms with Crippen LogP contribution in [0.3, 0.4) is 0 Å². The molecule has 0 aromatic rings. The van der Waals surface area contributed by atoms with Crippen molar-refractivity contribution in [1.82, 2.24) is 5.32 Å². The molecule has 0 aliphatic carbocycles. The first-order chi connectivity index (χ1) is 25.0. The summed E-state index contributed by atoms with van der Waals surface area (Å²) in [5, 5.41) is 13.8. The Morgan fingerprint density at radius 3 is 1.48 bits per heavy atom. The number of quaternary nitrogens is 1. The van der Waals surface area contributed by atoms with Gasteiger partial charge >= 0.3 is 7.82 Å². The van der Waals surface area contributed by atoms with E-state index in [4.69, 9.17) is 9.05 Å². The zero-order valence-corrected chi connectivity index (χ0v) is 35.7. The van der Waals surface area contributed by atoms with Crippen LogP contribution in [0.5, 0.6) is 0 Å². The number of allylic oxidation sites excluding steroid dienone is 3. The number of nitrogens with zero attached hydrogens (tertiary/aromatic N) is 1. The number of nitrogens with one attached hydrogen (secondary N) is 1. The number of carbonyl (C=O) groups is 1. The fraction of sp³-hybridized carbons (Fsp3) is 0.884. The lowest BCUT2D eigenvalue weighted by molar-refractivity contribution is -0.870. The molecule has 1 amide bonds. The molecule has 52 heavy (non-hydrogen) atoms. The smallest absolute Gasteiger partial charge is 0.387 e. The molecule has 0 saturated carbocycles. The second-order valence-electron chi connectivity index (χ2n) is 16.1. The highest BCUT2D eigenvalue weighted by atomic mass is 31.2. The Hall–Kier alpha value is -1.02. The van der Waals surface area contributed by atoms with Crippen LogP contribution in [-0.4, -0.2) is 73.4 Å². The van der Waals surface area contributed by atoms with Crippen molar-refractivity contribution in [3.8, 4) is 0 Å². The van der Waals surface area contributed by atoms with Gasteiger partial charge in [-0.25, -0.2) is 4.57 Å². The van der Waals surface area contributed by atoms with Gasteiger partial charge in [0.05, 0.1) is 39.9 Å². The molecule has 0 bridgehead atoms. The Morgan fingerprint density at radius 2 is 1.04 bits per heavy atom. The molecule has 0 aliphatic rings. The highest BCUT2D eigenvalue weighted by molar-refractivity contribution is 7.47.